The highest BCUT2D eigenvalue weighted by Crippen LogP contribution is 2.45. The van der Waals surface area contributed by atoms with E-state index in [1.165, 1.54) is 52.5 Å². The first-order valence-electron chi connectivity index (χ1n) is 24.2. The lowest BCUT2D eigenvalue weighted by atomic mass is 10.0. The van der Waals surface area contributed by atoms with Crippen LogP contribution < -0.4 is 0 Å². The molecular formula is C65H37N5OS. The Morgan fingerprint density at radius 1 is 0.361 bits per heavy atom. The summed E-state index contributed by atoms with van der Waals surface area (Å²) >= 11 is 1.79. The summed E-state index contributed by atoms with van der Waals surface area (Å²) in [7, 11) is 0. The quantitative estimate of drug-likeness (QED) is 0.172. The van der Waals surface area contributed by atoms with Gasteiger partial charge in [0.05, 0.1) is 27.8 Å². The van der Waals surface area contributed by atoms with Crippen LogP contribution >= 0.6 is 11.3 Å². The summed E-state index contributed by atoms with van der Waals surface area (Å²) < 4.78 is 14.3. The number of nitrogens with zero attached hydrogens (tertiary/aromatic N) is 5. The summed E-state index contributed by atoms with van der Waals surface area (Å²) in [6.45, 7) is 0. The van der Waals surface area contributed by atoms with Gasteiger partial charge in [-0.15, -0.1) is 11.3 Å². The minimum absolute atomic E-state index is 0.569. The lowest BCUT2D eigenvalue weighted by Crippen LogP contribution is -2.01. The second-order valence-corrected chi connectivity index (χ2v) is 19.8. The van der Waals surface area contributed by atoms with Crippen LogP contribution in [0.3, 0.4) is 0 Å². The van der Waals surface area contributed by atoms with Crippen molar-refractivity contribution in [1.82, 2.24) is 24.1 Å². The SMILES string of the molecule is c1ccc(-n2c3ccccc3c3cc(-c4nc(-c5ccc6c(c5)sc5ccccc56)nc(-c5ccc(-n6c7cc8ccccc8cc7c7ccc8ccccc8c76)c6oc7ccccc7c56)n4)ccc32)cc1. The number of furan rings is 1. The molecule has 0 aliphatic carbocycles. The average Bonchev–Trinajstić information content (AvgIpc) is 4.20. The molecule has 0 saturated carbocycles. The summed E-state index contributed by atoms with van der Waals surface area (Å²) in [5.41, 5.74) is 10.8. The fraction of sp³-hybridized carbons (Fsp3) is 0. The van der Waals surface area contributed by atoms with Gasteiger partial charge >= 0.3 is 0 Å². The summed E-state index contributed by atoms with van der Waals surface area (Å²) in [6.07, 6.45) is 0. The van der Waals surface area contributed by atoms with Gasteiger partial charge in [0.2, 0.25) is 0 Å². The van der Waals surface area contributed by atoms with Gasteiger partial charge in [0, 0.05) is 80.3 Å². The summed E-state index contributed by atoms with van der Waals surface area (Å²) in [5.74, 6) is 1.77. The predicted octanol–water partition coefficient (Wildman–Crippen LogP) is 17.6. The Balaban J connectivity index is 0.973. The Kier molecular flexibility index (Phi) is 8.23. The number of hydrogen-bond acceptors (Lipinski definition) is 5. The van der Waals surface area contributed by atoms with E-state index in [2.05, 4.69) is 228 Å². The molecule has 0 N–H and O–H groups in total. The van der Waals surface area contributed by atoms with Crippen LogP contribution in [-0.2, 0) is 0 Å². The van der Waals surface area contributed by atoms with Crippen LogP contribution in [0.2, 0.25) is 0 Å². The fourth-order valence-corrected chi connectivity index (χ4v) is 12.6. The van der Waals surface area contributed by atoms with Crippen molar-refractivity contribution in [1.29, 1.82) is 0 Å². The van der Waals surface area contributed by atoms with Crippen LogP contribution in [0.5, 0.6) is 0 Å². The first-order valence-corrected chi connectivity index (χ1v) is 25.1. The van der Waals surface area contributed by atoms with Crippen molar-refractivity contribution in [2.45, 2.75) is 0 Å². The molecule has 0 unspecified atom stereocenters. The molecule has 0 aliphatic rings. The third-order valence-corrected chi connectivity index (χ3v) is 15.9. The summed E-state index contributed by atoms with van der Waals surface area (Å²) in [4.78, 5) is 16.3. The van der Waals surface area contributed by atoms with E-state index in [-0.39, 0.29) is 0 Å². The van der Waals surface area contributed by atoms with E-state index >= 15 is 0 Å². The molecule has 0 aliphatic heterocycles. The first-order chi connectivity index (χ1) is 35.7. The monoisotopic (exact) mass is 935 g/mol. The van der Waals surface area contributed by atoms with Crippen LogP contribution in [0.4, 0.5) is 0 Å². The van der Waals surface area contributed by atoms with E-state index in [1.54, 1.807) is 11.3 Å². The Morgan fingerprint density at radius 2 is 0.986 bits per heavy atom. The molecule has 16 rings (SSSR count). The van der Waals surface area contributed by atoms with E-state index in [4.69, 9.17) is 19.4 Å². The van der Waals surface area contributed by atoms with E-state index in [0.29, 0.717) is 17.5 Å². The van der Waals surface area contributed by atoms with Crippen LogP contribution in [0, 0.1) is 0 Å². The molecule has 5 aromatic heterocycles. The number of para-hydroxylation sites is 3. The van der Waals surface area contributed by atoms with Crippen molar-refractivity contribution in [3.63, 3.8) is 0 Å². The topological polar surface area (TPSA) is 61.7 Å². The van der Waals surface area contributed by atoms with Gasteiger partial charge < -0.3 is 13.6 Å². The molecule has 0 saturated heterocycles. The Morgan fingerprint density at radius 3 is 1.85 bits per heavy atom. The zero-order chi connectivity index (χ0) is 47.0. The molecule has 7 heteroatoms. The maximum absolute atomic E-state index is 7.11. The Bertz CT molecular complexity index is 4940. The Hall–Kier alpha value is -9.43. The summed E-state index contributed by atoms with van der Waals surface area (Å²) in [5, 5.41) is 13.8. The highest BCUT2D eigenvalue weighted by molar-refractivity contribution is 7.25. The molecule has 334 valence electrons. The van der Waals surface area contributed by atoms with E-state index in [0.717, 1.165) is 82.8 Å². The molecule has 0 bridgehead atoms. The lowest BCUT2D eigenvalue weighted by molar-refractivity contribution is 0.666. The zero-order valence-electron chi connectivity index (χ0n) is 38.4. The van der Waals surface area contributed by atoms with Crippen molar-refractivity contribution in [2.75, 3.05) is 0 Å². The van der Waals surface area contributed by atoms with Crippen LogP contribution in [0.15, 0.2) is 229 Å². The molecule has 0 radical (unpaired) electrons. The molecule has 0 fully saturated rings. The largest absolute Gasteiger partial charge is 0.454 e. The van der Waals surface area contributed by atoms with Crippen molar-refractivity contribution < 1.29 is 4.42 Å². The zero-order valence-corrected chi connectivity index (χ0v) is 39.2. The first kappa shape index (κ1) is 39.4. The molecule has 5 heterocycles. The third kappa shape index (κ3) is 5.74. The number of hydrogen-bond donors (Lipinski definition) is 0. The number of fused-ring (bicyclic) bond motifs is 15. The normalized spacial score (nSPS) is 12.2. The molecule has 72 heavy (non-hydrogen) atoms. The van der Waals surface area contributed by atoms with Gasteiger partial charge in [-0.05, 0) is 95.0 Å². The fourth-order valence-electron chi connectivity index (χ4n) is 11.5. The minimum atomic E-state index is 0.569. The van der Waals surface area contributed by atoms with E-state index < -0.39 is 0 Å². The van der Waals surface area contributed by atoms with Crippen molar-refractivity contribution in [2.24, 2.45) is 0 Å². The minimum Gasteiger partial charge on any atom is -0.454 e. The van der Waals surface area contributed by atoms with Crippen LogP contribution in [0.1, 0.15) is 0 Å². The van der Waals surface area contributed by atoms with E-state index in [9.17, 15) is 0 Å². The highest BCUT2D eigenvalue weighted by atomic mass is 32.1. The molecule has 11 aromatic carbocycles. The van der Waals surface area contributed by atoms with Gasteiger partial charge in [-0.3, -0.25) is 0 Å². The Labute approximate surface area is 414 Å². The summed E-state index contributed by atoms with van der Waals surface area (Å²) in [6, 6.07) is 80.2. The number of aromatic nitrogens is 5. The highest BCUT2D eigenvalue weighted by Gasteiger charge is 2.25. The second kappa shape index (κ2) is 15.0. The molecular weight excluding hydrogens is 899 g/mol. The molecule has 0 spiro atoms. The van der Waals surface area contributed by atoms with Crippen LogP contribution in [-0.4, -0.2) is 24.1 Å². The van der Waals surface area contributed by atoms with Gasteiger partial charge in [0.1, 0.15) is 5.58 Å². The predicted molar refractivity (Wildman–Crippen MR) is 300 cm³/mol. The molecule has 0 atom stereocenters. The maximum Gasteiger partial charge on any atom is 0.164 e. The smallest absolute Gasteiger partial charge is 0.164 e. The van der Waals surface area contributed by atoms with Crippen molar-refractivity contribution >= 4 is 119 Å². The maximum atomic E-state index is 7.11. The number of rotatable bonds is 5. The van der Waals surface area contributed by atoms with Crippen molar-refractivity contribution in [3.05, 3.63) is 224 Å². The number of thiophene rings is 1. The third-order valence-electron chi connectivity index (χ3n) is 14.7. The van der Waals surface area contributed by atoms with Gasteiger partial charge in [-0.2, -0.15) is 0 Å². The molecule has 6 nitrogen and oxygen atoms in total. The van der Waals surface area contributed by atoms with Crippen molar-refractivity contribution in [3.8, 4) is 45.5 Å². The second-order valence-electron chi connectivity index (χ2n) is 18.7. The van der Waals surface area contributed by atoms with Gasteiger partial charge in [0.15, 0.2) is 23.1 Å². The average molecular weight is 936 g/mol. The van der Waals surface area contributed by atoms with Crippen LogP contribution in [0.25, 0.3) is 153 Å². The van der Waals surface area contributed by atoms with Gasteiger partial charge in [0.25, 0.3) is 0 Å². The van der Waals surface area contributed by atoms with Gasteiger partial charge in [-0.1, -0.05) is 146 Å². The standard InChI is InChI=1S/C65H37N5OS/c1-2-17-43(18-3-1)69-53-23-11-8-20-45(53)51-35-41(28-32-54(51)69)63-66-64(42-27-29-47-46-21-10-13-25-58(46)72-59(47)37-42)68-65(67-63)50-31-33-55(62-60(50)49-22-9-12-24-57(49)71-62)70-56-36-40-16-5-4-15-39(40)34-52(56)48-30-26-38-14-6-7-19-44(38)61(48)70/h1-37H. The molecule has 16 aromatic rings. The number of benzene rings is 11. The van der Waals surface area contributed by atoms with Gasteiger partial charge in [-0.25, -0.2) is 15.0 Å². The lowest BCUT2D eigenvalue weighted by Gasteiger charge is -2.14. The van der Waals surface area contributed by atoms with E-state index in [1.807, 2.05) is 6.07 Å². The molecule has 0 amide bonds.